The van der Waals surface area contributed by atoms with Crippen molar-refractivity contribution in [3.05, 3.63) is 12.2 Å². The van der Waals surface area contributed by atoms with Gasteiger partial charge in [0.25, 0.3) is 0 Å². The number of carbonyl (C=O) groups excluding carboxylic acids is 2. The number of rotatable bonds is 33. The third-order valence-electron chi connectivity index (χ3n) is 8.17. The third-order valence-corrected chi connectivity index (χ3v) is 8.17. The number of nitrogens with one attached hydrogen (secondary N) is 1. The van der Waals surface area contributed by atoms with E-state index in [1.807, 2.05) is 0 Å². The van der Waals surface area contributed by atoms with Gasteiger partial charge in [0.05, 0.1) is 0 Å². The molecule has 0 aromatic rings. The van der Waals surface area contributed by atoms with Crippen LogP contribution in [0.2, 0.25) is 0 Å². The molecule has 0 saturated heterocycles. The predicted molar refractivity (Wildman–Crippen MR) is 180 cm³/mol. The molecular weight excluding hydrogens is 538 g/mol. The molecule has 0 heterocycles. The van der Waals surface area contributed by atoms with E-state index in [1.54, 1.807) is 0 Å². The number of amides is 1. The minimum absolute atomic E-state index is 0.0799. The van der Waals surface area contributed by atoms with E-state index in [4.69, 9.17) is 9.84 Å². The normalized spacial score (nSPS) is 12.0. The van der Waals surface area contributed by atoms with Crippen molar-refractivity contribution in [1.82, 2.24) is 5.32 Å². The van der Waals surface area contributed by atoms with Gasteiger partial charge >= 0.3 is 11.9 Å². The van der Waals surface area contributed by atoms with Gasteiger partial charge in [-0.3, -0.25) is 14.4 Å². The quantitative estimate of drug-likeness (QED) is 0.0440. The van der Waals surface area contributed by atoms with Crippen molar-refractivity contribution in [1.29, 1.82) is 0 Å². The monoisotopic (exact) mass is 608 g/mol. The lowest BCUT2D eigenvalue weighted by Crippen LogP contribution is -2.28. The maximum atomic E-state index is 12.6. The number of unbranched alkanes of at least 4 members (excludes halogenated alkanes) is 22. The van der Waals surface area contributed by atoms with Gasteiger partial charge in [0, 0.05) is 12.8 Å². The third kappa shape index (κ3) is 32.9. The van der Waals surface area contributed by atoms with Crippen LogP contribution in [-0.2, 0) is 19.1 Å². The van der Waals surface area contributed by atoms with E-state index in [0.29, 0.717) is 12.8 Å². The van der Waals surface area contributed by atoms with E-state index in [-0.39, 0.29) is 24.5 Å². The summed E-state index contributed by atoms with van der Waals surface area (Å²) in [6.45, 7) is 4.19. The Balaban J connectivity index is 4.17. The van der Waals surface area contributed by atoms with Crippen LogP contribution in [0, 0.1) is 0 Å². The topological polar surface area (TPSA) is 92.7 Å². The molecule has 0 aliphatic heterocycles. The van der Waals surface area contributed by atoms with E-state index in [9.17, 15) is 14.4 Å². The molecule has 0 aromatic carbocycles. The Kier molecular flexibility index (Phi) is 31.6. The van der Waals surface area contributed by atoms with Crippen molar-refractivity contribution in [3.8, 4) is 0 Å². The average molecular weight is 608 g/mol. The number of hydrogen-bond donors (Lipinski definition) is 2. The lowest BCUT2D eigenvalue weighted by Gasteiger charge is -2.15. The Morgan fingerprint density at radius 2 is 1.05 bits per heavy atom. The number of hydrogen-bond acceptors (Lipinski definition) is 4. The summed E-state index contributed by atoms with van der Waals surface area (Å²) < 4.78 is 5.88. The molecule has 0 saturated carbocycles. The van der Waals surface area contributed by atoms with Crippen LogP contribution in [0.4, 0.5) is 0 Å². The van der Waals surface area contributed by atoms with E-state index in [0.717, 1.165) is 51.4 Å². The number of ether oxygens (including phenoxy) is 1. The van der Waals surface area contributed by atoms with E-state index < -0.39 is 5.97 Å². The fraction of sp³-hybridized carbons (Fsp3) is 0.865. The molecule has 0 radical (unpaired) electrons. The molecule has 0 spiro atoms. The van der Waals surface area contributed by atoms with E-state index in [2.05, 4.69) is 31.3 Å². The van der Waals surface area contributed by atoms with E-state index in [1.165, 1.54) is 116 Å². The first-order chi connectivity index (χ1) is 21.0. The molecule has 1 atom stereocenters. The van der Waals surface area contributed by atoms with Gasteiger partial charge in [0.2, 0.25) is 5.91 Å². The highest BCUT2D eigenvalue weighted by atomic mass is 16.5. The molecule has 6 heteroatoms. The SMILES string of the molecule is CCCCCCCCC/C=C\C(CCCCCCC(=O)NCC(=O)O)OC(=O)CCCCCCCCCCCCCCC. The minimum atomic E-state index is -1.02. The first kappa shape index (κ1) is 41.1. The summed E-state index contributed by atoms with van der Waals surface area (Å²) in [7, 11) is 0. The summed E-state index contributed by atoms with van der Waals surface area (Å²) in [5.41, 5.74) is 0. The Bertz CT molecular complexity index is 678. The van der Waals surface area contributed by atoms with Crippen LogP contribution in [0.3, 0.4) is 0 Å². The number of carboxylic acids is 1. The highest BCUT2D eigenvalue weighted by Gasteiger charge is 2.12. The second-order valence-electron chi connectivity index (χ2n) is 12.5. The predicted octanol–water partition coefficient (Wildman–Crippen LogP) is 10.6. The molecule has 0 aliphatic rings. The number of carbonyl (C=O) groups is 3. The molecule has 252 valence electrons. The summed E-state index contributed by atoms with van der Waals surface area (Å²) in [4.78, 5) is 34.8. The summed E-state index contributed by atoms with van der Waals surface area (Å²) in [6, 6.07) is 0. The Labute approximate surface area is 265 Å². The van der Waals surface area contributed by atoms with Gasteiger partial charge in [0.15, 0.2) is 0 Å². The second-order valence-corrected chi connectivity index (χ2v) is 12.5. The summed E-state index contributed by atoms with van der Waals surface area (Å²) >= 11 is 0. The molecule has 0 fully saturated rings. The largest absolute Gasteiger partial charge is 0.480 e. The number of carboxylic acid groups (broad SMARTS) is 1. The first-order valence-electron chi connectivity index (χ1n) is 18.3. The van der Waals surface area contributed by atoms with Crippen molar-refractivity contribution >= 4 is 17.8 Å². The molecule has 2 N–H and O–H groups in total. The fourth-order valence-electron chi connectivity index (χ4n) is 5.42. The Morgan fingerprint density at radius 3 is 1.56 bits per heavy atom. The molecule has 43 heavy (non-hydrogen) atoms. The zero-order chi connectivity index (χ0) is 31.6. The van der Waals surface area contributed by atoms with E-state index >= 15 is 0 Å². The Morgan fingerprint density at radius 1 is 0.605 bits per heavy atom. The molecule has 0 bridgehead atoms. The van der Waals surface area contributed by atoms with Crippen molar-refractivity contribution in [2.75, 3.05) is 6.54 Å². The van der Waals surface area contributed by atoms with Crippen molar-refractivity contribution in [2.24, 2.45) is 0 Å². The van der Waals surface area contributed by atoms with Crippen LogP contribution in [0.1, 0.15) is 194 Å². The summed E-state index contributed by atoms with van der Waals surface area (Å²) in [5, 5.41) is 11.0. The van der Waals surface area contributed by atoms with Crippen LogP contribution in [0.15, 0.2) is 12.2 Å². The maximum Gasteiger partial charge on any atom is 0.322 e. The fourth-order valence-corrected chi connectivity index (χ4v) is 5.42. The van der Waals surface area contributed by atoms with Crippen LogP contribution in [0.5, 0.6) is 0 Å². The maximum absolute atomic E-state index is 12.6. The molecule has 0 rings (SSSR count). The van der Waals surface area contributed by atoms with Gasteiger partial charge in [-0.15, -0.1) is 0 Å². The van der Waals surface area contributed by atoms with Gasteiger partial charge in [-0.2, -0.15) is 0 Å². The number of aliphatic carboxylic acids is 1. The number of allylic oxidation sites excluding steroid dienone is 1. The highest BCUT2D eigenvalue weighted by Crippen LogP contribution is 2.16. The molecule has 1 amide bonds. The zero-order valence-electron chi connectivity index (χ0n) is 28.3. The zero-order valence-corrected chi connectivity index (χ0v) is 28.3. The van der Waals surface area contributed by atoms with Gasteiger partial charge in [-0.25, -0.2) is 0 Å². The van der Waals surface area contributed by atoms with Gasteiger partial charge in [-0.1, -0.05) is 148 Å². The van der Waals surface area contributed by atoms with Crippen LogP contribution in [-0.4, -0.2) is 35.6 Å². The van der Waals surface area contributed by atoms with Gasteiger partial charge < -0.3 is 15.2 Å². The summed E-state index contributed by atoms with van der Waals surface area (Å²) in [6.07, 6.45) is 36.2. The standard InChI is InChI=1S/C37H69NO5/c1-3-5-7-9-11-13-14-15-16-18-20-22-28-32-37(42)43-34(29-25-21-19-17-12-10-8-6-4-2)30-26-23-24-27-31-35(39)38-33-36(40)41/h25,29,34H,3-24,26-28,30-33H2,1-2H3,(H,38,39)(H,40,41)/b29-25-. The first-order valence-corrected chi connectivity index (χ1v) is 18.3. The average Bonchev–Trinajstić information content (AvgIpc) is 2.99. The number of esters is 1. The van der Waals surface area contributed by atoms with Crippen molar-refractivity contribution in [3.63, 3.8) is 0 Å². The van der Waals surface area contributed by atoms with Crippen LogP contribution in [0.25, 0.3) is 0 Å². The van der Waals surface area contributed by atoms with Gasteiger partial charge in [0.1, 0.15) is 12.6 Å². The van der Waals surface area contributed by atoms with Crippen LogP contribution < -0.4 is 5.32 Å². The molecule has 0 aliphatic carbocycles. The smallest absolute Gasteiger partial charge is 0.322 e. The van der Waals surface area contributed by atoms with Crippen molar-refractivity contribution < 1.29 is 24.2 Å². The summed E-state index contributed by atoms with van der Waals surface area (Å²) in [5.74, 6) is -1.32. The Hall–Kier alpha value is -1.85. The molecule has 6 nitrogen and oxygen atoms in total. The molecule has 1 unspecified atom stereocenters. The van der Waals surface area contributed by atoms with Crippen molar-refractivity contribution in [2.45, 2.75) is 200 Å². The lowest BCUT2D eigenvalue weighted by molar-refractivity contribution is -0.147. The minimum Gasteiger partial charge on any atom is -0.480 e. The van der Waals surface area contributed by atoms with Gasteiger partial charge in [-0.05, 0) is 44.6 Å². The highest BCUT2D eigenvalue weighted by molar-refractivity contribution is 5.80. The lowest BCUT2D eigenvalue weighted by atomic mass is 10.0. The molecule has 0 aromatic heterocycles. The second kappa shape index (κ2) is 33.1. The molecular formula is C37H69NO5. The van der Waals surface area contributed by atoms with Crippen LogP contribution >= 0.6 is 0 Å².